The van der Waals surface area contributed by atoms with Gasteiger partial charge in [-0.05, 0) is 75.6 Å². The summed E-state index contributed by atoms with van der Waals surface area (Å²) < 4.78 is 7.36. The van der Waals surface area contributed by atoms with Crippen LogP contribution in [0.2, 0.25) is 0 Å². The number of rotatable bonds is 2. The molecule has 0 aliphatic carbocycles. The van der Waals surface area contributed by atoms with Crippen molar-refractivity contribution in [1.29, 1.82) is 0 Å². The maximum Gasteiger partial charge on any atom is 0.146 e. The van der Waals surface area contributed by atoms with Gasteiger partial charge in [0, 0.05) is 65.1 Å². The third-order valence-electron chi connectivity index (χ3n) is 13.5. The molecule has 59 heavy (non-hydrogen) atoms. The van der Waals surface area contributed by atoms with E-state index in [0.29, 0.717) is 0 Å². The fourth-order valence-electron chi connectivity index (χ4n) is 11.1. The minimum Gasteiger partial charge on any atom is -0.309 e. The highest BCUT2D eigenvalue weighted by molar-refractivity contribution is 6.38. The van der Waals surface area contributed by atoms with Gasteiger partial charge in [-0.15, -0.1) is 0 Å². The van der Waals surface area contributed by atoms with Crippen LogP contribution in [0.3, 0.4) is 0 Å². The molecule has 0 amide bonds. The molecule has 0 N–H and O–H groups in total. The molecule has 0 aliphatic rings. The quantitative estimate of drug-likeness (QED) is 0.173. The monoisotopic (exact) mass is 746 g/mol. The van der Waals surface area contributed by atoms with Gasteiger partial charge in [0.15, 0.2) is 0 Å². The zero-order valence-corrected chi connectivity index (χ0v) is 31.6. The second-order valence-electron chi connectivity index (χ2n) is 16.3. The van der Waals surface area contributed by atoms with Gasteiger partial charge in [-0.25, -0.2) is 4.98 Å². The smallest absolute Gasteiger partial charge is 0.146 e. The van der Waals surface area contributed by atoms with Crippen LogP contribution in [0.15, 0.2) is 182 Å². The number of hydrogen-bond donors (Lipinski definition) is 0. The van der Waals surface area contributed by atoms with E-state index >= 15 is 0 Å². The SMILES string of the molecule is c1ccc(-n2c3ccccc3c3cc(-c4cccc5c6cccc7c8c9c%10cc%11ccccc%11c%11c%12cc%13ccccc%13cc%12n(c9ncc8n(c45)c67)c%10%11)ccc32)cc1. The van der Waals surface area contributed by atoms with Crippen molar-refractivity contribution in [2.45, 2.75) is 0 Å². The lowest BCUT2D eigenvalue weighted by Gasteiger charge is -2.09. The Morgan fingerprint density at radius 1 is 0.339 bits per heavy atom. The highest BCUT2D eigenvalue weighted by Gasteiger charge is 2.27. The average molecular weight is 747 g/mol. The number of para-hydroxylation sites is 4. The Morgan fingerprint density at radius 3 is 1.90 bits per heavy atom. The molecule has 0 atom stereocenters. The largest absolute Gasteiger partial charge is 0.309 e. The van der Waals surface area contributed by atoms with Crippen molar-refractivity contribution in [1.82, 2.24) is 18.4 Å². The standard InChI is InChI=1S/C55H30N4/c1-2-15-35(16-3-1)57-45-23-9-8-18-38(45)42-27-34(24-25-46(42)57)37-19-10-20-39-40-21-11-22-41-50-48(58(52(37)39)53(40)41)30-56-55-51(50)44-28-33-14-6-7-17-36(33)49-43-26-31-12-4-5-13-32(31)29-47(43)59(55)54(44)49/h1-30H. The van der Waals surface area contributed by atoms with Crippen LogP contribution in [0.1, 0.15) is 0 Å². The van der Waals surface area contributed by atoms with Crippen molar-refractivity contribution in [3.8, 4) is 16.8 Å². The van der Waals surface area contributed by atoms with Crippen molar-refractivity contribution in [2.24, 2.45) is 0 Å². The number of nitrogens with zero attached hydrogens (tertiary/aromatic N) is 4. The van der Waals surface area contributed by atoms with E-state index in [1.807, 2.05) is 0 Å². The molecule has 0 fully saturated rings. The highest BCUT2D eigenvalue weighted by atomic mass is 15.0. The maximum atomic E-state index is 5.47. The van der Waals surface area contributed by atoms with Crippen LogP contribution in [-0.2, 0) is 0 Å². The topological polar surface area (TPSA) is 26.6 Å². The molecule has 0 saturated heterocycles. The molecule has 15 aromatic rings. The summed E-state index contributed by atoms with van der Waals surface area (Å²) in [4.78, 5) is 5.47. The summed E-state index contributed by atoms with van der Waals surface area (Å²) in [6, 6.07) is 65.0. The number of fused-ring (bicyclic) bond motifs is 19. The van der Waals surface area contributed by atoms with Crippen LogP contribution in [0, 0.1) is 0 Å². The Morgan fingerprint density at radius 2 is 1.02 bits per heavy atom. The van der Waals surface area contributed by atoms with Crippen LogP contribution in [0.25, 0.3) is 136 Å². The minimum atomic E-state index is 1.01. The molecule has 0 spiro atoms. The molecule has 6 aromatic heterocycles. The van der Waals surface area contributed by atoms with E-state index in [1.54, 1.807) is 0 Å². The highest BCUT2D eigenvalue weighted by Crippen LogP contribution is 2.49. The summed E-state index contributed by atoms with van der Waals surface area (Å²) in [7, 11) is 0. The zero-order chi connectivity index (χ0) is 38.1. The molecule has 4 nitrogen and oxygen atoms in total. The van der Waals surface area contributed by atoms with Gasteiger partial charge >= 0.3 is 0 Å². The van der Waals surface area contributed by atoms with Crippen LogP contribution >= 0.6 is 0 Å². The van der Waals surface area contributed by atoms with E-state index in [4.69, 9.17) is 4.98 Å². The van der Waals surface area contributed by atoms with Gasteiger partial charge in [0.1, 0.15) is 5.65 Å². The molecule has 6 heterocycles. The zero-order valence-electron chi connectivity index (χ0n) is 31.6. The second kappa shape index (κ2) is 10.5. The Labute approximate surface area is 335 Å². The first-order valence-corrected chi connectivity index (χ1v) is 20.4. The first kappa shape index (κ1) is 30.2. The summed E-state index contributed by atoms with van der Waals surface area (Å²) in [6.07, 6.45) is 2.14. The summed E-state index contributed by atoms with van der Waals surface area (Å²) in [5.74, 6) is 0. The van der Waals surface area contributed by atoms with Gasteiger partial charge in [0.2, 0.25) is 0 Å². The normalized spacial score (nSPS) is 12.7. The molecular formula is C55H30N4. The van der Waals surface area contributed by atoms with E-state index in [1.165, 1.54) is 125 Å². The maximum absolute atomic E-state index is 5.47. The van der Waals surface area contributed by atoms with Crippen LogP contribution in [0.5, 0.6) is 0 Å². The van der Waals surface area contributed by atoms with E-state index in [9.17, 15) is 0 Å². The van der Waals surface area contributed by atoms with E-state index in [0.717, 1.165) is 11.2 Å². The summed E-state index contributed by atoms with van der Waals surface area (Å²) in [5.41, 5.74) is 13.1. The molecule has 0 bridgehead atoms. The predicted octanol–water partition coefficient (Wildman–Crippen LogP) is 14.5. The number of benzene rings is 9. The second-order valence-corrected chi connectivity index (χ2v) is 16.3. The molecule has 0 radical (unpaired) electrons. The molecular weight excluding hydrogens is 717 g/mol. The van der Waals surface area contributed by atoms with Crippen LogP contribution < -0.4 is 0 Å². The Kier molecular flexibility index (Phi) is 5.38. The van der Waals surface area contributed by atoms with Gasteiger partial charge < -0.3 is 8.97 Å². The molecule has 0 saturated carbocycles. The van der Waals surface area contributed by atoms with Gasteiger partial charge in [0.05, 0.1) is 44.8 Å². The van der Waals surface area contributed by atoms with Crippen molar-refractivity contribution in [2.75, 3.05) is 0 Å². The summed E-state index contributed by atoms with van der Waals surface area (Å²) >= 11 is 0. The first-order chi connectivity index (χ1) is 29.3. The van der Waals surface area contributed by atoms with Crippen molar-refractivity contribution < 1.29 is 0 Å². The van der Waals surface area contributed by atoms with Gasteiger partial charge in [-0.3, -0.25) is 4.40 Å². The van der Waals surface area contributed by atoms with Gasteiger partial charge in [-0.2, -0.15) is 0 Å². The lowest BCUT2D eigenvalue weighted by atomic mass is 9.97. The minimum absolute atomic E-state index is 1.01. The lowest BCUT2D eigenvalue weighted by molar-refractivity contribution is 1.18. The number of hydrogen-bond acceptors (Lipinski definition) is 1. The van der Waals surface area contributed by atoms with Crippen molar-refractivity contribution in [3.05, 3.63) is 182 Å². The molecule has 15 rings (SSSR count). The number of aromatic nitrogens is 4. The third kappa shape index (κ3) is 3.60. The summed E-state index contributed by atoms with van der Waals surface area (Å²) in [6.45, 7) is 0. The lowest BCUT2D eigenvalue weighted by Crippen LogP contribution is -1.93. The fourth-order valence-corrected chi connectivity index (χ4v) is 11.1. The molecule has 0 unspecified atom stereocenters. The van der Waals surface area contributed by atoms with Gasteiger partial charge in [0.25, 0.3) is 0 Å². The molecule has 4 heteroatoms. The van der Waals surface area contributed by atoms with Crippen LogP contribution in [0.4, 0.5) is 0 Å². The predicted molar refractivity (Wildman–Crippen MR) is 248 cm³/mol. The molecule has 0 aliphatic heterocycles. The van der Waals surface area contributed by atoms with Crippen molar-refractivity contribution >= 4 is 120 Å². The Balaban J connectivity index is 1.08. The average Bonchev–Trinajstić information content (AvgIpc) is 4.08. The Hall–Kier alpha value is -7.95. The first-order valence-electron chi connectivity index (χ1n) is 20.4. The third-order valence-corrected chi connectivity index (χ3v) is 13.5. The van der Waals surface area contributed by atoms with E-state index < -0.39 is 0 Å². The van der Waals surface area contributed by atoms with Crippen molar-refractivity contribution in [3.63, 3.8) is 0 Å². The fraction of sp³-hybridized carbons (Fsp3) is 0. The van der Waals surface area contributed by atoms with E-state index in [2.05, 4.69) is 195 Å². The Bertz CT molecular complexity index is 4300. The van der Waals surface area contributed by atoms with Gasteiger partial charge in [-0.1, -0.05) is 127 Å². The van der Waals surface area contributed by atoms with E-state index in [-0.39, 0.29) is 0 Å². The molecule has 270 valence electrons. The van der Waals surface area contributed by atoms with Crippen LogP contribution in [-0.4, -0.2) is 18.4 Å². The molecule has 9 aromatic carbocycles. The summed E-state index contributed by atoms with van der Waals surface area (Å²) in [5, 5.41) is 17.6. The number of pyridine rings is 1.